The molecule has 1 unspecified atom stereocenters. The minimum Gasteiger partial charge on any atom is -0.373 e. The van der Waals surface area contributed by atoms with E-state index in [-0.39, 0.29) is 0 Å². The fraction of sp³-hybridized carbons (Fsp3) is 0.250. The Morgan fingerprint density at radius 1 is 1.15 bits per heavy atom. The lowest BCUT2D eigenvalue weighted by Gasteiger charge is -2.23. The van der Waals surface area contributed by atoms with Crippen LogP contribution in [-0.2, 0) is 6.42 Å². The van der Waals surface area contributed by atoms with Crippen LogP contribution in [0.5, 0.6) is 0 Å². The van der Waals surface area contributed by atoms with Crippen molar-refractivity contribution in [2.24, 2.45) is 4.99 Å². The molecule has 1 atom stereocenters. The highest BCUT2D eigenvalue weighted by Gasteiger charge is 2.16. The molecule has 1 aromatic heterocycles. The zero-order valence-electron chi connectivity index (χ0n) is 11.1. The molecule has 0 amide bonds. The van der Waals surface area contributed by atoms with Crippen molar-refractivity contribution in [2.45, 2.75) is 12.3 Å². The number of hydrogen-bond donors (Lipinski definition) is 1. The third-order valence-corrected chi connectivity index (χ3v) is 3.71. The van der Waals surface area contributed by atoms with E-state index < -0.39 is 0 Å². The highest BCUT2D eigenvalue weighted by atomic mass is 35.5. The average molecular weight is 286 g/mol. The SMILES string of the molecule is Clc1ccc(CC2=NCC(c3ccccc3)CN2)cn1. The molecule has 4 heteroatoms. The predicted octanol–water partition coefficient (Wildman–Crippen LogP) is 3.06. The summed E-state index contributed by atoms with van der Waals surface area (Å²) in [5, 5.41) is 3.94. The van der Waals surface area contributed by atoms with Crippen molar-refractivity contribution in [1.82, 2.24) is 10.3 Å². The Balaban J connectivity index is 1.64. The van der Waals surface area contributed by atoms with Crippen molar-refractivity contribution < 1.29 is 0 Å². The highest BCUT2D eigenvalue weighted by Crippen LogP contribution is 2.18. The van der Waals surface area contributed by atoms with Crippen LogP contribution in [0.2, 0.25) is 5.15 Å². The summed E-state index contributed by atoms with van der Waals surface area (Å²) in [7, 11) is 0. The lowest BCUT2D eigenvalue weighted by molar-refractivity contribution is 0.633. The maximum Gasteiger partial charge on any atom is 0.129 e. The van der Waals surface area contributed by atoms with Gasteiger partial charge in [0.1, 0.15) is 11.0 Å². The van der Waals surface area contributed by atoms with E-state index in [0.29, 0.717) is 11.1 Å². The van der Waals surface area contributed by atoms with Crippen LogP contribution in [0.3, 0.4) is 0 Å². The fourth-order valence-electron chi connectivity index (χ4n) is 2.35. The van der Waals surface area contributed by atoms with E-state index in [0.717, 1.165) is 30.9 Å². The summed E-state index contributed by atoms with van der Waals surface area (Å²) in [6, 6.07) is 14.3. The predicted molar refractivity (Wildman–Crippen MR) is 82.4 cm³/mol. The molecule has 3 nitrogen and oxygen atoms in total. The lowest BCUT2D eigenvalue weighted by atomic mass is 9.98. The summed E-state index contributed by atoms with van der Waals surface area (Å²) in [6.07, 6.45) is 2.58. The van der Waals surface area contributed by atoms with Gasteiger partial charge in [-0.15, -0.1) is 0 Å². The fourth-order valence-corrected chi connectivity index (χ4v) is 2.46. The van der Waals surface area contributed by atoms with E-state index in [2.05, 4.69) is 39.6 Å². The molecule has 0 saturated heterocycles. The zero-order valence-corrected chi connectivity index (χ0v) is 11.8. The number of rotatable bonds is 3. The molecule has 0 bridgehead atoms. The summed E-state index contributed by atoms with van der Waals surface area (Å²) in [5.74, 6) is 1.49. The Hall–Kier alpha value is -1.87. The van der Waals surface area contributed by atoms with E-state index >= 15 is 0 Å². The van der Waals surface area contributed by atoms with E-state index in [1.807, 2.05) is 18.2 Å². The minimum absolute atomic E-state index is 0.461. The molecule has 0 radical (unpaired) electrons. The van der Waals surface area contributed by atoms with Gasteiger partial charge in [-0.2, -0.15) is 0 Å². The Morgan fingerprint density at radius 3 is 2.65 bits per heavy atom. The van der Waals surface area contributed by atoms with Crippen LogP contribution >= 0.6 is 11.6 Å². The maximum absolute atomic E-state index is 5.78. The third kappa shape index (κ3) is 3.17. The second-order valence-electron chi connectivity index (χ2n) is 4.94. The molecule has 20 heavy (non-hydrogen) atoms. The summed E-state index contributed by atoms with van der Waals surface area (Å²) in [4.78, 5) is 8.74. The number of amidine groups is 1. The standard InChI is InChI=1S/C16H16ClN3/c17-15-7-6-12(9-18-15)8-16-19-10-14(11-20-16)13-4-2-1-3-5-13/h1-7,9,14H,8,10-11H2,(H,19,20). The quantitative estimate of drug-likeness (QED) is 0.880. The number of aromatic nitrogens is 1. The van der Waals surface area contributed by atoms with Gasteiger partial charge in [0.05, 0.1) is 0 Å². The summed E-state index contributed by atoms with van der Waals surface area (Å²) in [5.41, 5.74) is 2.47. The van der Waals surface area contributed by atoms with E-state index in [4.69, 9.17) is 11.6 Å². The normalized spacial score (nSPS) is 18.2. The van der Waals surface area contributed by atoms with Crippen molar-refractivity contribution in [3.63, 3.8) is 0 Å². The molecule has 1 aliphatic rings. The molecule has 2 aromatic rings. The first-order valence-corrected chi connectivity index (χ1v) is 7.11. The van der Waals surface area contributed by atoms with Gasteiger partial charge in [-0.3, -0.25) is 4.99 Å². The zero-order chi connectivity index (χ0) is 13.8. The van der Waals surface area contributed by atoms with Crippen LogP contribution in [0, 0.1) is 0 Å². The number of benzene rings is 1. The monoisotopic (exact) mass is 285 g/mol. The summed E-state index contributed by atoms with van der Waals surface area (Å²) >= 11 is 5.78. The number of hydrogen-bond acceptors (Lipinski definition) is 3. The van der Waals surface area contributed by atoms with Crippen LogP contribution in [0.25, 0.3) is 0 Å². The Bertz CT molecular complexity index is 593. The van der Waals surface area contributed by atoms with Gasteiger partial charge in [0, 0.05) is 31.6 Å². The molecule has 2 heterocycles. The van der Waals surface area contributed by atoms with Gasteiger partial charge in [-0.05, 0) is 17.2 Å². The molecule has 0 spiro atoms. The molecule has 0 saturated carbocycles. The van der Waals surface area contributed by atoms with Gasteiger partial charge in [0.25, 0.3) is 0 Å². The molecule has 1 aromatic carbocycles. The van der Waals surface area contributed by atoms with Crippen molar-refractivity contribution in [3.8, 4) is 0 Å². The molecular weight excluding hydrogens is 270 g/mol. The smallest absolute Gasteiger partial charge is 0.129 e. The molecule has 3 rings (SSSR count). The Labute approximate surface area is 123 Å². The van der Waals surface area contributed by atoms with E-state index in [9.17, 15) is 0 Å². The highest BCUT2D eigenvalue weighted by molar-refractivity contribution is 6.29. The van der Waals surface area contributed by atoms with Gasteiger partial charge in [-0.1, -0.05) is 48.0 Å². The van der Waals surface area contributed by atoms with Gasteiger partial charge >= 0.3 is 0 Å². The lowest BCUT2D eigenvalue weighted by Crippen LogP contribution is -2.35. The maximum atomic E-state index is 5.78. The average Bonchev–Trinajstić information content (AvgIpc) is 2.51. The minimum atomic E-state index is 0.461. The van der Waals surface area contributed by atoms with E-state index in [1.165, 1.54) is 5.56 Å². The number of halogens is 1. The first kappa shape index (κ1) is 13.1. The number of pyridine rings is 1. The van der Waals surface area contributed by atoms with Crippen LogP contribution in [-0.4, -0.2) is 23.9 Å². The van der Waals surface area contributed by atoms with Gasteiger partial charge < -0.3 is 5.32 Å². The summed E-state index contributed by atoms with van der Waals surface area (Å²) < 4.78 is 0. The second kappa shape index (κ2) is 6.06. The molecule has 0 aliphatic carbocycles. The van der Waals surface area contributed by atoms with Gasteiger partial charge in [-0.25, -0.2) is 4.98 Å². The number of nitrogens with one attached hydrogen (secondary N) is 1. The Morgan fingerprint density at radius 2 is 2.00 bits per heavy atom. The first-order chi connectivity index (χ1) is 9.81. The molecule has 102 valence electrons. The van der Waals surface area contributed by atoms with Crippen molar-refractivity contribution in [2.75, 3.05) is 13.1 Å². The second-order valence-corrected chi connectivity index (χ2v) is 5.33. The topological polar surface area (TPSA) is 37.3 Å². The van der Waals surface area contributed by atoms with Gasteiger partial charge in [0.15, 0.2) is 0 Å². The molecular formula is C16H16ClN3. The van der Waals surface area contributed by atoms with Crippen LogP contribution in [0.4, 0.5) is 0 Å². The largest absolute Gasteiger partial charge is 0.373 e. The van der Waals surface area contributed by atoms with Crippen molar-refractivity contribution >= 4 is 17.4 Å². The van der Waals surface area contributed by atoms with Crippen LogP contribution in [0.15, 0.2) is 53.7 Å². The third-order valence-electron chi connectivity index (χ3n) is 3.49. The van der Waals surface area contributed by atoms with E-state index in [1.54, 1.807) is 6.20 Å². The van der Waals surface area contributed by atoms with Crippen LogP contribution < -0.4 is 5.32 Å². The summed E-state index contributed by atoms with van der Waals surface area (Å²) in [6.45, 7) is 1.78. The Kier molecular flexibility index (Phi) is 3.97. The van der Waals surface area contributed by atoms with Crippen molar-refractivity contribution in [3.05, 3.63) is 64.9 Å². The number of nitrogens with zero attached hydrogens (tertiary/aromatic N) is 2. The molecule has 1 aliphatic heterocycles. The molecule has 1 N–H and O–H groups in total. The van der Waals surface area contributed by atoms with Crippen LogP contribution in [0.1, 0.15) is 17.0 Å². The van der Waals surface area contributed by atoms with Gasteiger partial charge in [0.2, 0.25) is 0 Å². The molecule has 0 fully saturated rings. The first-order valence-electron chi connectivity index (χ1n) is 6.74. The number of aliphatic imine (C=N–C) groups is 1. The van der Waals surface area contributed by atoms with Crippen molar-refractivity contribution in [1.29, 1.82) is 0 Å².